The Morgan fingerprint density at radius 2 is 1.67 bits per heavy atom. The number of hydrogen-bond donors (Lipinski definition) is 0. The summed E-state index contributed by atoms with van der Waals surface area (Å²) in [6.07, 6.45) is 9.25. The predicted octanol–water partition coefficient (Wildman–Crippen LogP) is 3.27. The van der Waals surface area contributed by atoms with Crippen molar-refractivity contribution in [1.29, 1.82) is 0 Å². The van der Waals surface area contributed by atoms with E-state index in [1.807, 2.05) is 64.4 Å². The third kappa shape index (κ3) is 2.59. The summed E-state index contributed by atoms with van der Waals surface area (Å²) in [5, 5.41) is 2.14. The molecular weight excluding hydrogens is 263 g/mol. The van der Waals surface area contributed by atoms with Crippen LogP contribution in [0.1, 0.15) is 33.3 Å². The Morgan fingerprint density at radius 1 is 1.00 bits per heavy atom. The number of pyridine rings is 2. The summed E-state index contributed by atoms with van der Waals surface area (Å²) in [6.45, 7) is 8.19. The first-order valence-corrected chi connectivity index (χ1v) is 7.11. The van der Waals surface area contributed by atoms with E-state index >= 15 is 0 Å². The molecule has 1 saturated heterocycles. The molecule has 5 heteroatoms. The zero-order chi connectivity index (χ0) is 15.1. The zero-order valence-corrected chi connectivity index (χ0v) is 12.8. The molecular formula is C16H19BN2O2. The molecule has 3 heterocycles. The summed E-state index contributed by atoms with van der Waals surface area (Å²) in [5.74, 6) is 1.94. The second kappa shape index (κ2) is 4.93. The van der Waals surface area contributed by atoms with Gasteiger partial charge in [-0.05, 0) is 44.7 Å². The molecule has 0 bridgehead atoms. The first kappa shape index (κ1) is 14.2. The monoisotopic (exact) mass is 282 g/mol. The van der Waals surface area contributed by atoms with Crippen LogP contribution in [0.4, 0.5) is 0 Å². The van der Waals surface area contributed by atoms with Gasteiger partial charge in [0.25, 0.3) is 0 Å². The standard InChI is InChI=1S/C16H19BN2O2/c1-15(2)16(3,4)21-17(20-15)7-5-12-9-19-11-13-10-18-8-6-14(12)13/h5-11H,1-4H3/b7-5+. The summed E-state index contributed by atoms with van der Waals surface area (Å²) in [6, 6.07) is 1.99. The van der Waals surface area contributed by atoms with Crippen LogP contribution in [0, 0.1) is 0 Å². The molecule has 0 unspecified atom stereocenters. The van der Waals surface area contributed by atoms with Crippen molar-refractivity contribution in [3.8, 4) is 0 Å². The number of aromatic nitrogens is 2. The normalized spacial score (nSPS) is 20.5. The van der Waals surface area contributed by atoms with Gasteiger partial charge in [-0.1, -0.05) is 12.1 Å². The van der Waals surface area contributed by atoms with Crippen molar-refractivity contribution in [2.24, 2.45) is 0 Å². The Hall–Kier alpha value is -1.72. The Bertz CT molecular complexity index is 676. The van der Waals surface area contributed by atoms with Crippen LogP contribution < -0.4 is 0 Å². The maximum Gasteiger partial charge on any atom is 0.487 e. The highest BCUT2D eigenvalue weighted by atomic mass is 16.7. The molecule has 0 atom stereocenters. The molecule has 1 aliphatic rings. The van der Waals surface area contributed by atoms with Gasteiger partial charge in [-0.15, -0.1) is 0 Å². The van der Waals surface area contributed by atoms with E-state index in [-0.39, 0.29) is 18.3 Å². The number of hydrogen-bond acceptors (Lipinski definition) is 4. The van der Waals surface area contributed by atoms with Crippen LogP contribution in [0.25, 0.3) is 16.8 Å². The highest BCUT2D eigenvalue weighted by Gasteiger charge is 2.49. The average molecular weight is 282 g/mol. The van der Waals surface area contributed by atoms with Crippen LogP contribution in [0.15, 0.2) is 36.8 Å². The Morgan fingerprint density at radius 3 is 2.38 bits per heavy atom. The molecule has 21 heavy (non-hydrogen) atoms. The summed E-state index contributed by atoms with van der Waals surface area (Å²) < 4.78 is 11.9. The number of fused-ring (bicyclic) bond motifs is 1. The van der Waals surface area contributed by atoms with E-state index in [9.17, 15) is 0 Å². The summed E-state index contributed by atoms with van der Waals surface area (Å²) >= 11 is 0. The molecule has 3 rings (SSSR count). The molecule has 2 aromatic rings. The molecule has 0 N–H and O–H groups in total. The molecule has 0 saturated carbocycles. The number of rotatable bonds is 2. The summed E-state index contributed by atoms with van der Waals surface area (Å²) in [4.78, 5) is 8.36. The van der Waals surface area contributed by atoms with E-state index in [4.69, 9.17) is 9.31 Å². The molecule has 1 aliphatic heterocycles. The maximum atomic E-state index is 5.96. The van der Waals surface area contributed by atoms with E-state index < -0.39 is 0 Å². The smallest absolute Gasteiger partial charge is 0.400 e. The van der Waals surface area contributed by atoms with Crippen LogP contribution >= 0.6 is 0 Å². The lowest BCUT2D eigenvalue weighted by molar-refractivity contribution is 0.00578. The van der Waals surface area contributed by atoms with Crippen molar-refractivity contribution in [2.45, 2.75) is 38.9 Å². The minimum atomic E-state index is -0.341. The summed E-state index contributed by atoms with van der Waals surface area (Å²) in [7, 11) is -0.341. The minimum Gasteiger partial charge on any atom is -0.400 e. The van der Waals surface area contributed by atoms with Crippen molar-refractivity contribution in [3.05, 3.63) is 42.4 Å². The van der Waals surface area contributed by atoms with Gasteiger partial charge in [-0.2, -0.15) is 0 Å². The van der Waals surface area contributed by atoms with E-state index in [0.717, 1.165) is 16.3 Å². The lowest BCUT2D eigenvalue weighted by Crippen LogP contribution is -2.41. The quantitative estimate of drug-likeness (QED) is 0.793. The Kier molecular flexibility index (Phi) is 3.34. The van der Waals surface area contributed by atoms with Crippen LogP contribution in [0.5, 0.6) is 0 Å². The second-order valence-corrected chi connectivity index (χ2v) is 6.31. The molecule has 4 nitrogen and oxygen atoms in total. The first-order chi connectivity index (χ1) is 9.89. The van der Waals surface area contributed by atoms with Gasteiger partial charge in [0.1, 0.15) is 0 Å². The number of nitrogens with zero attached hydrogens (tertiary/aromatic N) is 2. The fourth-order valence-corrected chi connectivity index (χ4v) is 2.32. The maximum absolute atomic E-state index is 5.96. The highest BCUT2D eigenvalue weighted by molar-refractivity contribution is 6.52. The van der Waals surface area contributed by atoms with Crippen molar-refractivity contribution >= 4 is 24.0 Å². The predicted molar refractivity (Wildman–Crippen MR) is 84.7 cm³/mol. The third-order valence-electron chi connectivity index (χ3n) is 4.29. The fraction of sp³-hybridized carbons (Fsp3) is 0.375. The molecule has 108 valence electrons. The van der Waals surface area contributed by atoms with Crippen LogP contribution in [0.3, 0.4) is 0 Å². The van der Waals surface area contributed by atoms with E-state index in [1.54, 1.807) is 6.20 Å². The van der Waals surface area contributed by atoms with Crippen molar-refractivity contribution < 1.29 is 9.31 Å². The van der Waals surface area contributed by atoms with Gasteiger partial charge < -0.3 is 9.31 Å². The molecule has 1 fully saturated rings. The molecule has 2 aromatic heterocycles. The Labute approximate surface area is 125 Å². The van der Waals surface area contributed by atoms with Gasteiger partial charge in [0.05, 0.1) is 11.2 Å². The van der Waals surface area contributed by atoms with Gasteiger partial charge in [-0.3, -0.25) is 9.97 Å². The van der Waals surface area contributed by atoms with Crippen LogP contribution in [0.2, 0.25) is 0 Å². The van der Waals surface area contributed by atoms with Gasteiger partial charge in [0, 0.05) is 30.2 Å². The van der Waals surface area contributed by atoms with Gasteiger partial charge in [0.2, 0.25) is 0 Å². The lowest BCUT2D eigenvalue weighted by atomic mass is 9.89. The van der Waals surface area contributed by atoms with Crippen LogP contribution in [-0.4, -0.2) is 28.3 Å². The Balaban J connectivity index is 1.87. The summed E-state index contributed by atoms with van der Waals surface area (Å²) in [5.41, 5.74) is 0.399. The van der Waals surface area contributed by atoms with E-state index in [2.05, 4.69) is 9.97 Å². The molecule has 0 spiro atoms. The lowest BCUT2D eigenvalue weighted by Gasteiger charge is -2.32. The molecule has 0 radical (unpaired) electrons. The topological polar surface area (TPSA) is 44.2 Å². The second-order valence-electron chi connectivity index (χ2n) is 6.31. The first-order valence-electron chi connectivity index (χ1n) is 7.11. The SMILES string of the molecule is CC1(C)OB(/C=C/c2cncc3cnccc23)OC1(C)C. The van der Waals surface area contributed by atoms with E-state index in [0.29, 0.717) is 0 Å². The molecule has 0 aromatic carbocycles. The van der Waals surface area contributed by atoms with Crippen molar-refractivity contribution in [3.63, 3.8) is 0 Å². The van der Waals surface area contributed by atoms with Crippen LogP contribution in [-0.2, 0) is 9.31 Å². The van der Waals surface area contributed by atoms with Gasteiger partial charge in [-0.25, -0.2) is 0 Å². The van der Waals surface area contributed by atoms with Crippen molar-refractivity contribution in [1.82, 2.24) is 9.97 Å². The minimum absolute atomic E-state index is 0.317. The van der Waals surface area contributed by atoms with Gasteiger partial charge in [0.15, 0.2) is 0 Å². The van der Waals surface area contributed by atoms with E-state index in [1.165, 1.54) is 0 Å². The van der Waals surface area contributed by atoms with Gasteiger partial charge >= 0.3 is 7.12 Å². The zero-order valence-electron chi connectivity index (χ0n) is 12.8. The highest BCUT2D eigenvalue weighted by Crippen LogP contribution is 2.37. The third-order valence-corrected chi connectivity index (χ3v) is 4.29. The molecule has 0 amide bonds. The fourth-order valence-electron chi connectivity index (χ4n) is 2.32. The average Bonchev–Trinajstić information content (AvgIpc) is 2.64. The largest absolute Gasteiger partial charge is 0.487 e. The van der Waals surface area contributed by atoms with Crippen molar-refractivity contribution in [2.75, 3.05) is 0 Å². The molecule has 0 aliphatic carbocycles.